The lowest BCUT2D eigenvalue weighted by molar-refractivity contribution is -0.0752. The van der Waals surface area contributed by atoms with E-state index in [4.69, 9.17) is 9.84 Å². The molecule has 0 saturated heterocycles. The highest BCUT2D eigenvalue weighted by Gasteiger charge is 2.31. The van der Waals surface area contributed by atoms with Crippen molar-refractivity contribution in [1.82, 2.24) is 0 Å². The van der Waals surface area contributed by atoms with Crippen molar-refractivity contribution in [2.75, 3.05) is 13.2 Å². The van der Waals surface area contributed by atoms with Gasteiger partial charge in [-0.1, -0.05) is 18.2 Å². The Morgan fingerprint density at radius 1 is 1.38 bits per heavy atom. The molecular formula is C10H16O3. The Labute approximate surface area is 78.7 Å². The van der Waals surface area contributed by atoms with E-state index >= 15 is 0 Å². The van der Waals surface area contributed by atoms with E-state index in [1.165, 1.54) is 12.2 Å². The number of ether oxygens (including phenoxy) is 1. The lowest BCUT2D eigenvalue weighted by atomic mass is 9.98. The predicted octanol–water partition coefficient (Wildman–Crippen LogP) is 0.653. The van der Waals surface area contributed by atoms with Crippen LogP contribution in [0.3, 0.4) is 0 Å². The van der Waals surface area contributed by atoms with Crippen molar-refractivity contribution in [2.24, 2.45) is 0 Å². The van der Waals surface area contributed by atoms with Crippen molar-refractivity contribution in [3.63, 3.8) is 0 Å². The molecule has 0 fully saturated rings. The lowest BCUT2D eigenvalue weighted by Crippen LogP contribution is -2.44. The summed E-state index contributed by atoms with van der Waals surface area (Å²) in [5, 5.41) is 18.6. The second kappa shape index (κ2) is 5.70. The van der Waals surface area contributed by atoms with Gasteiger partial charge in [0, 0.05) is 0 Å². The molecule has 0 radical (unpaired) electrons. The van der Waals surface area contributed by atoms with Gasteiger partial charge in [0.15, 0.2) is 0 Å². The van der Waals surface area contributed by atoms with E-state index in [-0.39, 0.29) is 6.61 Å². The van der Waals surface area contributed by atoms with Crippen LogP contribution < -0.4 is 0 Å². The summed E-state index contributed by atoms with van der Waals surface area (Å²) in [6, 6.07) is 0. The second-order valence-corrected chi connectivity index (χ2v) is 2.63. The molecule has 2 atom stereocenters. The minimum atomic E-state index is -1.47. The lowest BCUT2D eigenvalue weighted by Gasteiger charge is -2.29. The third-order valence-electron chi connectivity index (χ3n) is 1.71. The fraction of sp³-hybridized carbons (Fsp3) is 0.400. The summed E-state index contributed by atoms with van der Waals surface area (Å²) in [6.45, 7) is 10.2. The van der Waals surface area contributed by atoms with Crippen molar-refractivity contribution in [3.05, 3.63) is 38.0 Å². The summed E-state index contributed by atoms with van der Waals surface area (Å²) >= 11 is 0. The zero-order chi connectivity index (χ0) is 10.3. The number of hydrogen-bond acceptors (Lipinski definition) is 3. The molecule has 2 N–H and O–H groups in total. The first-order chi connectivity index (χ1) is 6.14. The van der Waals surface area contributed by atoms with E-state index in [2.05, 4.69) is 19.7 Å². The highest BCUT2D eigenvalue weighted by Crippen LogP contribution is 2.15. The Morgan fingerprint density at radius 2 is 2.00 bits per heavy atom. The normalized spacial score (nSPS) is 17.1. The van der Waals surface area contributed by atoms with Gasteiger partial charge in [0.2, 0.25) is 0 Å². The first kappa shape index (κ1) is 12.1. The maximum absolute atomic E-state index is 9.72. The molecule has 74 valence electrons. The van der Waals surface area contributed by atoms with E-state index in [1.807, 2.05) is 0 Å². The smallest absolute Gasteiger partial charge is 0.135 e. The molecule has 0 bridgehead atoms. The number of rotatable bonds is 7. The number of aliphatic hydroxyl groups is 2. The maximum atomic E-state index is 9.72. The highest BCUT2D eigenvalue weighted by molar-refractivity contribution is 5.08. The summed E-state index contributed by atoms with van der Waals surface area (Å²) in [4.78, 5) is 0. The van der Waals surface area contributed by atoms with Crippen LogP contribution >= 0.6 is 0 Å². The van der Waals surface area contributed by atoms with E-state index < -0.39 is 18.3 Å². The van der Waals surface area contributed by atoms with Crippen LogP contribution in [0.5, 0.6) is 0 Å². The van der Waals surface area contributed by atoms with Crippen LogP contribution in [0, 0.1) is 0 Å². The fourth-order valence-corrected chi connectivity index (χ4v) is 0.859. The first-order valence-electron chi connectivity index (χ1n) is 3.96. The van der Waals surface area contributed by atoms with E-state index in [9.17, 15) is 5.11 Å². The van der Waals surface area contributed by atoms with Crippen LogP contribution in [0.1, 0.15) is 0 Å². The Balaban J connectivity index is 4.41. The summed E-state index contributed by atoms with van der Waals surface area (Å²) in [5.74, 6) is 0. The largest absolute Gasteiger partial charge is 0.393 e. The van der Waals surface area contributed by atoms with Crippen LogP contribution in [0.4, 0.5) is 0 Å². The van der Waals surface area contributed by atoms with Crippen LogP contribution in [0.2, 0.25) is 0 Å². The zero-order valence-electron chi connectivity index (χ0n) is 7.65. The minimum absolute atomic E-state index is 0.285. The van der Waals surface area contributed by atoms with Gasteiger partial charge in [-0.15, -0.1) is 19.7 Å². The first-order valence-corrected chi connectivity index (χ1v) is 3.96. The Kier molecular flexibility index (Phi) is 5.30. The molecular weight excluding hydrogens is 168 g/mol. The predicted molar refractivity (Wildman–Crippen MR) is 52.4 cm³/mol. The minimum Gasteiger partial charge on any atom is -0.393 e. The molecule has 0 amide bonds. The Morgan fingerprint density at radius 3 is 2.31 bits per heavy atom. The van der Waals surface area contributed by atoms with Gasteiger partial charge in [-0.3, -0.25) is 0 Å². The van der Waals surface area contributed by atoms with Gasteiger partial charge in [-0.25, -0.2) is 0 Å². The van der Waals surface area contributed by atoms with Gasteiger partial charge >= 0.3 is 0 Å². The number of hydrogen-bond donors (Lipinski definition) is 2. The Hall–Kier alpha value is -0.900. The molecule has 0 aliphatic heterocycles. The molecule has 0 aromatic heterocycles. The maximum Gasteiger partial charge on any atom is 0.135 e. The second-order valence-electron chi connectivity index (χ2n) is 2.63. The van der Waals surface area contributed by atoms with Crippen molar-refractivity contribution >= 4 is 0 Å². The third kappa shape index (κ3) is 3.14. The quantitative estimate of drug-likeness (QED) is 0.571. The molecule has 0 rings (SSSR count). The molecule has 0 aliphatic carbocycles. The van der Waals surface area contributed by atoms with Crippen LogP contribution in [0.25, 0.3) is 0 Å². The molecule has 13 heavy (non-hydrogen) atoms. The van der Waals surface area contributed by atoms with Gasteiger partial charge in [0.1, 0.15) is 11.7 Å². The standard InChI is InChI=1S/C10H16O3/c1-4-7-13-9(5-2)10(12,6-3)8-11/h4-6,9,11-12H,1-3,7-8H2. The molecule has 0 spiro atoms. The van der Waals surface area contributed by atoms with Gasteiger partial charge < -0.3 is 14.9 Å². The van der Waals surface area contributed by atoms with E-state index in [0.29, 0.717) is 0 Å². The van der Waals surface area contributed by atoms with Crippen LogP contribution in [0.15, 0.2) is 38.0 Å². The summed E-state index contributed by atoms with van der Waals surface area (Å²) < 4.78 is 5.17. The molecule has 0 heterocycles. The van der Waals surface area contributed by atoms with Crippen molar-refractivity contribution in [2.45, 2.75) is 11.7 Å². The third-order valence-corrected chi connectivity index (χ3v) is 1.71. The molecule has 3 heteroatoms. The topological polar surface area (TPSA) is 49.7 Å². The summed E-state index contributed by atoms with van der Waals surface area (Å²) in [6.07, 6.45) is 3.54. The van der Waals surface area contributed by atoms with E-state index in [0.717, 1.165) is 0 Å². The summed E-state index contributed by atoms with van der Waals surface area (Å²) in [7, 11) is 0. The van der Waals surface area contributed by atoms with E-state index in [1.54, 1.807) is 6.08 Å². The van der Waals surface area contributed by atoms with Crippen molar-refractivity contribution in [1.29, 1.82) is 0 Å². The average Bonchev–Trinajstić information content (AvgIpc) is 2.18. The van der Waals surface area contributed by atoms with Gasteiger partial charge in [-0.2, -0.15) is 0 Å². The zero-order valence-corrected chi connectivity index (χ0v) is 7.65. The number of aliphatic hydroxyl groups excluding tert-OH is 1. The van der Waals surface area contributed by atoms with Gasteiger partial charge in [0.25, 0.3) is 0 Å². The molecule has 0 saturated carbocycles. The SMILES string of the molecule is C=CCOC(C=C)C(O)(C=C)CO. The molecule has 0 aliphatic rings. The van der Waals surface area contributed by atoms with Crippen molar-refractivity contribution < 1.29 is 14.9 Å². The fourth-order valence-electron chi connectivity index (χ4n) is 0.859. The molecule has 3 nitrogen and oxygen atoms in total. The van der Waals surface area contributed by atoms with Gasteiger partial charge in [-0.05, 0) is 0 Å². The monoisotopic (exact) mass is 184 g/mol. The highest BCUT2D eigenvalue weighted by atomic mass is 16.5. The molecule has 0 aromatic carbocycles. The van der Waals surface area contributed by atoms with Gasteiger partial charge in [0.05, 0.1) is 13.2 Å². The van der Waals surface area contributed by atoms with Crippen molar-refractivity contribution in [3.8, 4) is 0 Å². The molecule has 0 aromatic rings. The average molecular weight is 184 g/mol. The van der Waals surface area contributed by atoms with Crippen LogP contribution in [-0.4, -0.2) is 35.1 Å². The Bertz CT molecular complexity index is 189. The summed E-state index contributed by atoms with van der Waals surface area (Å²) in [5.41, 5.74) is -1.47. The molecule has 2 unspecified atom stereocenters. The van der Waals surface area contributed by atoms with Crippen LogP contribution in [-0.2, 0) is 4.74 Å².